The Morgan fingerprint density at radius 1 is 1.06 bits per heavy atom. The van der Waals surface area contributed by atoms with E-state index >= 15 is 0 Å². The zero-order valence-electron chi connectivity index (χ0n) is 9.41. The first-order valence-corrected chi connectivity index (χ1v) is 7.19. The zero-order valence-corrected chi connectivity index (χ0v) is 12.6. The molecule has 0 aromatic heterocycles. The van der Waals surface area contributed by atoms with Gasteiger partial charge in [0.25, 0.3) is 0 Å². The van der Waals surface area contributed by atoms with Crippen molar-refractivity contribution in [3.05, 3.63) is 58.1 Å². The highest BCUT2D eigenvalue weighted by Crippen LogP contribution is 2.26. The van der Waals surface area contributed by atoms with Crippen LogP contribution in [0.15, 0.2) is 46.9 Å². The van der Waals surface area contributed by atoms with Gasteiger partial charge in [-0.1, -0.05) is 44.0 Å². The van der Waals surface area contributed by atoms with Gasteiger partial charge in [-0.15, -0.1) is 0 Å². The largest absolute Gasteiger partial charge is 0.457 e. The topological polar surface area (TPSA) is 9.23 Å². The van der Waals surface area contributed by atoms with Crippen LogP contribution < -0.4 is 4.74 Å². The number of rotatable bonds is 3. The average molecular weight is 356 g/mol. The van der Waals surface area contributed by atoms with Gasteiger partial charge in [-0.05, 0) is 48.4 Å². The zero-order chi connectivity index (χ0) is 12.3. The predicted octanol–water partition coefficient (Wildman–Crippen LogP) is 5.44. The molecule has 0 N–H and O–H groups in total. The van der Waals surface area contributed by atoms with Crippen LogP contribution in [0.25, 0.3) is 0 Å². The Morgan fingerprint density at radius 2 is 1.82 bits per heavy atom. The van der Waals surface area contributed by atoms with Crippen LogP contribution in [0, 0.1) is 6.92 Å². The Kier molecular flexibility index (Phi) is 4.24. The molecule has 2 aromatic carbocycles. The summed E-state index contributed by atoms with van der Waals surface area (Å²) in [6.45, 7) is 2.09. The molecule has 0 aliphatic carbocycles. The molecule has 2 rings (SSSR count). The highest BCUT2D eigenvalue weighted by molar-refractivity contribution is 9.10. The fourth-order valence-electron chi connectivity index (χ4n) is 1.55. The molecular formula is C14H12Br2O. The maximum absolute atomic E-state index is 5.79. The second-order valence-corrected chi connectivity index (χ2v) is 5.26. The van der Waals surface area contributed by atoms with Crippen LogP contribution in [-0.4, -0.2) is 0 Å². The van der Waals surface area contributed by atoms with Crippen LogP contribution in [0.3, 0.4) is 0 Å². The van der Waals surface area contributed by atoms with Gasteiger partial charge >= 0.3 is 0 Å². The molecular weight excluding hydrogens is 344 g/mol. The molecule has 0 spiro atoms. The van der Waals surface area contributed by atoms with E-state index < -0.39 is 0 Å². The number of alkyl halides is 1. The van der Waals surface area contributed by atoms with E-state index in [2.05, 4.69) is 50.9 Å². The van der Waals surface area contributed by atoms with Crippen LogP contribution in [-0.2, 0) is 5.33 Å². The van der Waals surface area contributed by atoms with E-state index in [1.807, 2.05) is 30.3 Å². The summed E-state index contributed by atoms with van der Waals surface area (Å²) in [5, 5.41) is 0.871. The molecule has 0 aliphatic rings. The van der Waals surface area contributed by atoms with Crippen molar-refractivity contribution >= 4 is 31.9 Å². The van der Waals surface area contributed by atoms with Crippen LogP contribution in [0.5, 0.6) is 11.5 Å². The third kappa shape index (κ3) is 3.33. The van der Waals surface area contributed by atoms with Gasteiger partial charge in [0.2, 0.25) is 0 Å². The van der Waals surface area contributed by atoms with Gasteiger partial charge in [0, 0.05) is 9.80 Å². The standard InChI is InChI=1S/C14H12Br2O/c1-10-7-14(6-5-11(10)9-15)17-13-4-2-3-12(16)8-13/h2-8H,9H2,1H3. The Morgan fingerprint density at radius 3 is 2.47 bits per heavy atom. The van der Waals surface area contributed by atoms with E-state index in [0.717, 1.165) is 21.3 Å². The second-order valence-electron chi connectivity index (χ2n) is 3.78. The number of aryl methyl sites for hydroxylation is 1. The lowest BCUT2D eigenvalue weighted by Gasteiger charge is -2.08. The number of hydrogen-bond acceptors (Lipinski definition) is 1. The summed E-state index contributed by atoms with van der Waals surface area (Å²) in [4.78, 5) is 0. The molecule has 0 heterocycles. The quantitative estimate of drug-likeness (QED) is 0.665. The minimum atomic E-state index is 0.838. The molecule has 17 heavy (non-hydrogen) atoms. The molecule has 0 fully saturated rings. The van der Waals surface area contributed by atoms with Crippen molar-refractivity contribution in [3.63, 3.8) is 0 Å². The monoisotopic (exact) mass is 354 g/mol. The third-order valence-electron chi connectivity index (χ3n) is 2.49. The van der Waals surface area contributed by atoms with E-state index in [1.54, 1.807) is 0 Å². The first-order chi connectivity index (χ1) is 8.19. The van der Waals surface area contributed by atoms with Crippen LogP contribution in [0.1, 0.15) is 11.1 Å². The smallest absolute Gasteiger partial charge is 0.128 e. The second kappa shape index (κ2) is 5.69. The van der Waals surface area contributed by atoms with Gasteiger partial charge < -0.3 is 4.74 Å². The number of hydrogen-bond donors (Lipinski definition) is 0. The minimum Gasteiger partial charge on any atom is -0.457 e. The summed E-state index contributed by atoms with van der Waals surface area (Å²) in [7, 11) is 0. The van der Waals surface area contributed by atoms with Crippen molar-refractivity contribution in [2.45, 2.75) is 12.3 Å². The molecule has 1 nitrogen and oxygen atoms in total. The van der Waals surface area contributed by atoms with Gasteiger partial charge in [-0.3, -0.25) is 0 Å². The first-order valence-electron chi connectivity index (χ1n) is 5.28. The van der Waals surface area contributed by atoms with Crippen molar-refractivity contribution in [2.24, 2.45) is 0 Å². The van der Waals surface area contributed by atoms with E-state index in [9.17, 15) is 0 Å². The molecule has 0 unspecified atom stereocenters. The lowest BCUT2D eigenvalue weighted by atomic mass is 10.1. The van der Waals surface area contributed by atoms with Gasteiger partial charge in [0.1, 0.15) is 11.5 Å². The fourth-order valence-corrected chi connectivity index (χ4v) is 2.56. The summed E-state index contributed by atoms with van der Waals surface area (Å²) >= 11 is 6.89. The maximum Gasteiger partial charge on any atom is 0.128 e. The number of halogens is 2. The third-order valence-corrected chi connectivity index (χ3v) is 3.59. The van der Waals surface area contributed by atoms with Crippen LogP contribution in [0.4, 0.5) is 0 Å². The summed E-state index contributed by atoms with van der Waals surface area (Å²) in [6.07, 6.45) is 0. The SMILES string of the molecule is Cc1cc(Oc2cccc(Br)c2)ccc1CBr. The van der Waals surface area contributed by atoms with Crippen molar-refractivity contribution in [1.29, 1.82) is 0 Å². The molecule has 0 atom stereocenters. The van der Waals surface area contributed by atoms with Crippen molar-refractivity contribution in [1.82, 2.24) is 0 Å². The van der Waals surface area contributed by atoms with Crippen molar-refractivity contribution in [2.75, 3.05) is 0 Å². The molecule has 0 saturated heterocycles. The first kappa shape index (κ1) is 12.7. The molecule has 0 radical (unpaired) electrons. The van der Waals surface area contributed by atoms with E-state index in [1.165, 1.54) is 11.1 Å². The summed E-state index contributed by atoms with van der Waals surface area (Å²) in [6, 6.07) is 14.0. The number of benzene rings is 2. The van der Waals surface area contributed by atoms with Gasteiger partial charge in [0.15, 0.2) is 0 Å². The molecule has 88 valence electrons. The molecule has 0 aliphatic heterocycles. The Hall–Kier alpha value is -0.800. The minimum absolute atomic E-state index is 0.838. The molecule has 0 saturated carbocycles. The van der Waals surface area contributed by atoms with Crippen LogP contribution >= 0.6 is 31.9 Å². The lowest BCUT2D eigenvalue weighted by molar-refractivity contribution is 0.482. The van der Waals surface area contributed by atoms with Gasteiger partial charge in [0.05, 0.1) is 0 Å². The highest BCUT2D eigenvalue weighted by atomic mass is 79.9. The maximum atomic E-state index is 5.79. The van der Waals surface area contributed by atoms with E-state index in [-0.39, 0.29) is 0 Å². The molecule has 0 bridgehead atoms. The average Bonchev–Trinajstić information content (AvgIpc) is 2.29. The summed E-state index contributed by atoms with van der Waals surface area (Å²) < 4.78 is 6.81. The van der Waals surface area contributed by atoms with E-state index in [0.29, 0.717) is 0 Å². The molecule has 3 heteroatoms. The molecule has 0 amide bonds. The normalized spacial score (nSPS) is 10.3. The fraction of sp³-hybridized carbons (Fsp3) is 0.143. The van der Waals surface area contributed by atoms with Crippen LogP contribution in [0.2, 0.25) is 0 Å². The Balaban J connectivity index is 2.22. The Bertz CT molecular complexity index is 523. The number of ether oxygens (including phenoxy) is 1. The van der Waals surface area contributed by atoms with E-state index in [4.69, 9.17) is 4.74 Å². The predicted molar refractivity (Wildman–Crippen MR) is 78.0 cm³/mol. The summed E-state index contributed by atoms with van der Waals surface area (Å²) in [5.41, 5.74) is 2.51. The summed E-state index contributed by atoms with van der Waals surface area (Å²) in [5.74, 6) is 1.70. The lowest BCUT2D eigenvalue weighted by Crippen LogP contribution is -1.88. The Labute approximate surface area is 118 Å². The molecule has 2 aromatic rings. The van der Waals surface area contributed by atoms with Crippen molar-refractivity contribution < 1.29 is 4.74 Å². The van der Waals surface area contributed by atoms with Crippen molar-refractivity contribution in [3.8, 4) is 11.5 Å². The van der Waals surface area contributed by atoms with Gasteiger partial charge in [-0.25, -0.2) is 0 Å². The highest BCUT2D eigenvalue weighted by Gasteiger charge is 2.01. The van der Waals surface area contributed by atoms with Gasteiger partial charge in [-0.2, -0.15) is 0 Å².